The van der Waals surface area contributed by atoms with E-state index >= 15 is 0 Å². The summed E-state index contributed by atoms with van der Waals surface area (Å²) in [5.74, 6) is 0. The van der Waals surface area contributed by atoms with Crippen molar-refractivity contribution in [2.75, 3.05) is 18.0 Å². The van der Waals surface area contributed by atoms with Crippen LogP contribution in [0.15, 0.2) is 18.2 Å². The van der Waals surface area contributed by atoms with E-state index in [1.165, 1.54) is 0 Å². The minimum Gasteiger partial charge on any atom is -0.371 e. The molecule has 0 aliphatic heterocycles. The third-order valence-corrected chi connectivity index (χ3v) is 3.35. The van der Waals surface area contributed by atoms with Crippen molar-refractivity contribution in [3.05, 3.63) is 33.9 Å². The van der Waals surface area contributed by atoms with Gasteiger partial charge in [-0.15, -0.1) is 0 Å². The number of nitro groups is 1. The van der Waals surface area contributed by atoms with Crippen LogP contribution in [0, 0.1) is 10.1 Å². The van der Waals surface area contributed by atoms with Crippen molar-refractivity contribution in [3.8, 4) is 0 Å². The Morgan fingerprint density at radius 3 is 2.33 bits per heavy atom. The van der Waals surface area contributed by atoms with Gasteiger partial charge in [0.25, 0.3) is 5.69 Å². The molecule has 0 aromatic heterocycles. The first-order valence-electron chi connectivity index (χ1n) is 6.22. The molecule has 5 heteroatoms. The van der Waals surface area contributed by atoms with Crippen LogP contribution in [0.3, 0.4) is 0 Å². The lowest BCUT2D eigenvalue weighted by Gasteiger charge is -2.25. The summed E-state index contributed by atoms with van der Waals surface area (Å²) < 4.78 is 0. The van der Waals surface area contributed by atoms with E-state index < -0.39 is 0 Å². The van der Waals surface area contributed by atoms with E-state index in [0.717, 1.165) is 37.2 Å². The molecular weight excluding hydrogens is 296 g/mol. The van der Waals surface area contributed by atoms with Gasteiger partial charge in [0.2, 0.25) is 0 Å². The van der Waals surface area contributed by atoms with E-state index in [1.54, 1.807) is 12.1 Å². The molecule has 0 radical (unpaired) electrons. The molecule has 100 valence electrons. The highest BCUT2D eigenvalue weighted by Gasteiger charge is 2.14. The van der Waals surface area contributed by atoms with Crippen molar-refractivity contribution < 1.29 is 4.92 Å². The molecule has 1 aromatic rings. The first-order chi connectivity index (χ1) is 8.63. The highest BCUT2D eigenvalue weighted by Crippen LogP contribution is 2.27. The average molecular weight is 315 g/mol. The maximum Gasteiger partial charge on any atom is 0.269 e. The molecule has 1 rings (SSSR count). The van der Waals surface area contributed by atoms with Crippen molar-refractivity contribution in [1.82, 2.24) is 0 Å². The molecule has 0 unspecified atom stereocenters. The number of hydrogen-bond donors (Lipinski definition) is 0. The predicted molar refractivity (Wildman–Crippen MR) is 78.5 cm³/mol. The van der Waals surface area contributed by atoms with E-state index in [2.05, 4.69) is 34.7 Å². The van der Waals surface area contributed by atoms with Crippen LogP contribution < -0.4 is 4.90 Å². The number of benzene rings is 1. The fourth-order valence-electron chi connectivity index (χ4n) is 1.99. The van der Waals surface area contributed by atoms with E-state index in [0.29, 0.717) is 5.33 Å². The van der Waals surface area contributed by atoms with Crippen LogP contribution in [0.2, 0.25) is 0 Å². The van der Waals surface area contributed by atoms with Crippen LogP contribution >= 0.6 is 15.9 Å². The third kappa shape index (κ3) is 3.70. The van der Waals surface area contributed by atoms with E-state index in [1.807, 2.05) is 6.07 Å². The first kappa shape index (κ1) is 15.0. The minimum atomic E-state index is -0.347. The summed E-state index contributed by atoms with van der Waals surface area (Å²) in [5, 5.41) is 11.4. The Morgan fingerprint density at radius 1 is 1.28 bits per heavy atom. The number of nitro benzene ring substituents is 1. The van der Waals surface area contributed by atoms with Gasteiger partial charge in [-0.3, -0.25) is 10.1 Å². The summed E-state index contributed by atoms with van der Waals surface area (Å²) in [6.07, 6.45) is 2.14. The predicted octanol–water partition coefficient (Wildman–Crippen LogP) is 4.12. The topological polar surface area (TPSA) is 46.4 Å². The molecular formula is C13H19BrN2O2. The summed E-state index contributed by atoms with van der Waals surface area (Å²) >= 11 is 3.41. The molecule has 18 heavy (non-hydrogen) atoms. The van der Waals surface area contributed by atoms with Gasteiger partial charge in [0.1, 0.15) is 0 Å². The van der Waals surface area contributed by atoms with Gasteiger partial charge in [-0.1, -0.05) is 29.8 Å². The molecule has 0 aliphatic rings. The van der Waals surface area contributed by atoms with E-state index in [4.69, 9.17) is 0 Å². The zero-order valence-corrected chi connectivity index (χ0v) is 12.4. The second-order valence-corrected chi connectivity index (χ2v) is 4.75. The lowest BCUT2D eigenvalue weighted by molar-refractivity contribution is -0.384. The molecule has 0 saturated carbocycles. The van der Waals surface area contributed by atoms with Gasteiger partial charge in [-0.05, 0) is 24.5 Å². The Balaban J connectivity index is 3.09. The standard InChI is InChI=1S/C13H19BrN2O2/c1-3-7-15(8-4-2)13-6-5-12(16(17)18)9-11(13)10-14/h5-6,9H,3-4,7-8,10H2,1-2H3. The molecule has 1 aromatic carbocycles. The van der Waals surface area contributed by atoms with Crippen LogP contribution in [0.4, 0.5) is 11.4 Å². The highest BCUT2D eigenvalue weighted by molar-refractivity contribution is 9.08. The van der Waals surface area contributed by atoms with Gasteiger partial charge in [-0.2, -0.15) is 0 Å². The average Bonchev–Trinajstić information content (AvgIpc) is 2.37. The van der Waals surface area contributed by atoms with E-state index in [-0.39, 0.29) is 10.6 Å². The van der Waals surface area contributed by atoms with Crippen molar-refractivity contribution in [2.24, 2.45) is 0 Å². The molecule has 0 atom stereocenters. The van der Waals surface area contributed by atoms with Crippen LogP contribution in [0.5, 0.6) is 0 Å². The van der Waals surface area contributed by atoms with E-state index in [9.17, 15) is 10.1 Å². The minimum absolute atomic E-state index is 0.154. The van der Waals surface area contributed by atoms with Gasteiger partial charge in [-0.25, -0.2) is 0 Å². The van der Waals surface area contributed by atoms with Gasteiger partial charge < -0.3 is 4.90 Å². The Labute approximate surface area is 116 Å². The molecule has 0 N–H and O–H groups in total. The zero-order valence-electron chi connectivity index (χ0n) is 10.9. The monoisotopic (exact) mass is 314 g/mol. The Hall–Kier alpha value is -1.10. The number of rotatable bonds is 7. The largest absolute Gasteiger partial charge is 0.371 e. The lowest BCUT2D eigenvalue weighted by Crippen LogP contribution is -2.25. The van der Waals surface area contributed by atoms with Crippen molar-refractivity contribution >= 4 is 27.3 Å². The Morgan fingerprint density at radius 2 is 1.89 bits per heavy atom. The zero-order chi connectivity index (χ0) is 13.5. The summed E-state index contributed by atoms with van der Waals surface area (Å²) in [4.78, 5) is 12.7. The summed E-state index contributed by atoms with van der Waals surface area (Å²) in [6.45, 7) is 6.24. The van der Waals surface area contributed by atoms with Crippen LogP contribution in [0.1, 0.15) is 32.3 Å². The van der Waals surface area contributed by atoms with Crippen LogP contribution in [-0.4, -0.2) is 18.0 Å². The molecule has 0 aliphatic carbocycles. The fourth-order valence-corrected chi connectivity index (χ4v) is 2.44. The lowest BCUT2D eigenvalue weighted by atomic mass is 10.1. The molecule has 0 amide bonds. The highest BCUT2D eigenvalue weighted by atomic mass is 79.9. The molecule has 0 saturated heterocycles. The van der Waals surface area contributed by atoms with Crippen molar-refractivity contribution in [2.45, 2.75) is 32.0 Å². The van der Waals surface area contributed by atoms with Crippen molar-refractivity contribution in [3.63, 3.8) is 0 Å². The SMILES string of the molecule is CCCN(CCC)c1ccc([N+](=O)[O-])cc1CBr. The van der Waals surface area contributed by atoms with Gasteiger partial charge in [0, 0.05) is 36.2 Å². The molecule has 0 heterocycles. The van der Waals surface area contributed by atoms with Gasteiger partial charge in [0.05, 0.1) is 4.92 Å². The smallest absolute Gasteiger partial charge is 0.269 e. The second-order valence-electron chi connectivity index (χ2n) is 4.19. The first-order valence-corrected chi connectivity index (χ1v) is 7.34. The number of halogens is 1. The number of nitrogens with zero attached hydrogens (tertiary/aromatic N) is 2. The molecule has 4 nitrogen and oxygen atoms in total. The fraction of sp³-hybridized carbons (Fsp3) is 0.538. The third-order valence-electron chi connectivity index (χ3n) is 2.75. The number of anilines is 1. The van der Waals surface area contributed by atoms with Crippen LogP contribution in [-0.2, 0) is 5.33 Å². The van der Waals surface area contributed by atoms with Gasteiger partial charge >= 0.3 is 0 Å². The normalized spacial score (nSPS) is 10.4. The summed E-state index contributed by atoms with van der Waals surface area (Å²) in [6, 6.07) is 5.10. The number of hydrogen-bond acceptors (Lipinski definition) is 3. The molecule has 0 fully saturated rings. The second kappa shape index (κ2) is 7.36. The van der Waals surface area contributed by atoms with Crippen molar-refractivity contribution in [1.29, 1.82) is 0 Å². The summed E-state index contributed by atoms with van der Waals surface area (Å²) in [7, 11) is 0. The Kier molecular flexibility index (Phi) is 6.12. The maximum absolute atomic E-state index is 10.8. The maximum atomic E-state index is 10.8. The molecule has 0 bridgehead atoms. The van der Waals surface area contributed by atoms with Crippen LogP contribution in [0.25, 0.3) is 0 Å². The number of non-ortho nitro benzene ring substituents is 1. The number of alkyl halides is 1. The Bertz CT molecular complexity index is 404. The molecule has 0 spiro atoms. The quantitative estimate of drug-likeness (QED) is 0.432. The van der Waals surface area contributed by atoms with Gasteiger partial charge in [0.15, 0.2) is 0 Å². The summed E-state index contributed by atoms with van der Waals surface area (Å²) in [5.41, 5.74) is 2.23.